The molecule has 2 N–H and O–H groups in total. The number of thioether (sulfide) groups is 1. The molecule has 0 spiro atoms. The van der Waals surface area contributed by atoms with Gasteiger partial charge < -0.3 is 19.9 Å². The van der Waals surface area contributed by atoms with Gasteiger partial charge in [0.05, 0.1) is 18.8 Å². The minimum absolute atomic E-state index is 0.0127. The number of amides is 1. The van der Waals surface area contributed by atoms with Crippen LogP contribution in [-0.4, -0.2) is 36.6 Å². The Morgan fingerprint density at radius 3 is 2.33 bits per heavy atom. The molecule has 2 heterocycles. The number of carbonyl (C=O) groups is 1. The predicted molar refractivity (Wildman–Crippen MR) is 165 cm³/mol. The van der Waals surface area contributed by atoms with Crippen LogP contribution in [0.1, 0.15) is 41.1 Å². The largest absolute Gasteiger partial charge is 0.392 e. The summed E-state index contributed by atoms with van der Waals surface area (Å²) in [6.45, 7) is 0.206. The molecule has 1 saturated heterocycles. The molecular formula is C31H28Cl3N3O4S. The molecule has 1 aliphatic heterocycles. The van der Waals surface area contributed by atoms with Gasteiger partial charge in [-0.1, -0.05) is 107 Å². The zero-order valence-corrected chi connectivity index (χ0v) is 25.4. The summed E-state index contributed by atoms with van der Waals surface area (Å²) in [6, 6.07) is 25.4. The highest BCUT2D eigenvalue weighted by atomic mass is 35.6. The highest BCUT2D eigenvalue weighted by Gasteiger charge is 2.33. The number of hydrogen-bond acceptors (Lipinski definition) is 7. The van der Waals surface area contributed by atoms with Gasteiger partial charge in [0.15, 0.2) is 11.4 Å². The summed E-state index contributed by atoms with van der Waals surface area (Å²) < 4.78 is 11.0. The average Bonchev–Trinajstić information content (AvgIpc) is 3.03. The number of hydrogen-bond donors (Lipinski definition) is 2. The van der Waals surface area contributed by atoms with E-state index in [1.165, 1.54) is 0 Å². The minimum atomic E-state index is -2.02. The van der Waals surface area contributed by atoms with E-state index in [-0.39, 0.29) is 25.4 Å². The van der Waals surface area contributed by atoms with Crippen molar-refractivity contribution in [2.45, 2.75) is 47.0 Å². The molecule has 0 radical (unpaired) electrons. The number of aromatic nitrogens is 2. The quantitative estimate of drug-likeness (QED) is 0.116. The highest BCUT2D eigenvalue weighted by Crippen LogP contribution is 2.40. The number of halogens is 3. The van der Waals surface area contributed by atoms with Crippen LogP contribution in [0.4, 0.5) is 0 Å². The first-order chi connectivity index (χ1) is 20.3. The van der Waals surface area contributed by atoms with Crippen molar-refractivity contribution in [2.24, 2.45) is 0 Å². The summed E-state index contributed by atoms with van der Waals surface area (Å²) in [5.74, 6) is -0.0184. The second-order valence-electron chi connectivity index (χ2n) is 9.70. The SMILES string of the molecule is O=C(NCc1cccc(-c2cccc(C3OC(CSc4ncccn4)CC(c4ccc(CO)cc4)O3)c2)c1)C(Cl)(Cl)Cl. The number of benzene rings is 3. The van der Waals surface area contributed by atoms with Crippen molar-refractivity contribution in [3.63, 3.8) is 0 Å². The van der Waals surface area contributed by atoms with Crippen LogP contribution >= 0.6 is 46.6 Å². The van der Waals surface area contributed by atoms with E-state index in [0.29, 0.717) is 17.3 Å². The van der Waals surface area contributed by atoms with Crippen LogP contribution in [0.15, 0.2) is 96.4 Å². The Labute approximate surface area is 263 Å². The molecule has 1 aromatic heterocycles. The molecule has 3 aromatic carbocycles. The Morgan fingerprint density at radius 1 is 0.905 bits per heavy atom. The fraction of sp³-hybridized carbons (Fsp3) is 0.258. The summed E-state index contributed by atoms with van der Waals surface area (Å²) >= 11 is 18.6. The maximum Gasteiger partial charge on any atom is 0.272 e. The van der Waals surface area contributed by atoms with E-state index in [0.717, 1.165) is 33.4 Å². The molecule has 3 atom stereocenters. The van der Waals surface area contributed by atoms with Crippen LogP contribution in [0.25, 0.3) is 11.1 Å². The van der Waals surface area contributed by atoms with Crippen LogP contribution < -0.4 is 5.32 Å². The van der Waals surface area contributed by atoms with E-state index >= 15 is 0 Å². The third kappa shape index (κ3) is 8.23. The van der Waals surface area contributed by atoms with Gasteiger partial charge in [0.1, 0.15) is 0 Å². The lowest BCUT2D eigenvalue weighted by Gasteiger charge is -2.36. The van der Waals surface area contributed by atoms with Crippen molar-refractivity contribution in [1.29, 1.82) is 0 Å². The Bertz CT molecular complexity index is 1490. The third-order valence-electron chi connectivity index (χ3n) is 6.69. The molecule has 218 valence electrons. The van der Waals surface area contributed by atoms with Gasteiger partial charge in [0.2, 0.25) is 0 Å². The second-order valence-corrected chi connectivity index (χ2v) is 13.0. The normalized spacial score (nSPS) is 18.9. The third-order valence-corrected chi connectivity index (χ3v) is 8.21. The van der Waals surface area contributed by atoms with Gasteiger partial charge in [0, 0.05) is 36.7 Å². The summed E-state index contributed by atoms with van der Waals surface area (Å²) in [4.78, 5) is 20.6. The number of aliphatic hydroxyl groups excluding tert-OH is 1. The van der Waals surface area contributed by atoms with Crippen molar-refractivity contribution in [1.82, 2.24) is 15.3 Å². The van der Waals surface area contributed by atoms with Crippen LogP contribution in [0.5, 0.6) is 0 Å². The van der Waals surface area contributed by atoms with Gasteiger partial charge in [0.25, 0.3) is 9.70 Å². The fourth-order valence-corrected chi connectivity index (χ4v) is 5.58. The Kier molecular flexibility index (Phi) is 10.4. The fourth-order valence-electron chi connectivity index (χ4n) is 4.56. The maximum absolute atomic E-state index is 12.0. The zero-order valence-electron chi connectivity index (χ0n) is 22.3. The number of alkyl halides is 3. The summed E-state index contributed by atoms with van der Waals surface area (Å²) in [6.07, 6.45) is 3.19. The van der Waals surface area contributed by atoms with Crippen molar-refractivity contribution >= 4 is 52.5 Å². The zero-order chi connectivity index (χ0) is 29.5. The number of carbonyl (C=O) groups excluding carboxylic acids is 1. The van der Waals surface area contributed by atoms with Gasteiger partial charge in [-0.3, -0.25) is 4.79 Å². The van der Waals surface area contributed by atoms with Crippen molar-refractivity contribution in [3.05, 3.63) is 114 Å². The van der Waals surface area contributed by atoms with Gasteiger partial charge in [-0.2, -0.15) is 0 Å². The first-order valence-corrected chi connectivity index (χ1v) is 15.3. The van der Waals surface area contributed by atoms with Gasteiger partial charge in [-0.05, 0) is 46.0 Å². The summed E-state index contributed by atoms with van der Waals surface area (Å²) in [5.41, 5.74) is 5.53. The van der Waals surface area contributed by atoms with E-state index in [9.17, 15) is 9.90 Å². The lowest BCUT2D eigenvalue weighted by atomic mass is 9.99. The molecule has 42 heavy (non-hydrogen) atoms. The van der Waals surface area contributed by atoms with Gasteiger partial charge in [-0.25, -0.2) is 9.97 Å². The Morgan fingerprint density at radius 2 is 1.62 bits per heavy atom. The van der Waals surface area contributed by atoms with Crippen molar-refractivity contribution in [2.75, 3.05) is 5.75 Å². The number of nitrogens with one attached hydrogen (secondary N) is 1. The van der Waals surface area contributed by atoms with Crippen molar-refractivity contribution < 1.29 is 19.4 Å². The molecule has 0 aliphatic carbocycles. The molecule has 1 amide bonds. The van der Waals surface area contributed by atoms with Crippen molar-refractivity contribution in [3.8, 4) is 11.1 Å². The molecule has 1 aliphatic rings. The molecule has 5 rings (SSSR count). The van der Waals surface area contributed by atoms with Crippen LogP contribution in [-0.2, 0) is 27.4 Å². The number of aliphatic hydroxyl groups is 1. The smallest absolute Gasteiger partial charge is 0.272 e. The lowest BCUT2D eigenvalue weighted by molar-refractivity contribution is -0.245. The summed E-state index contributed by atoms with van der Waals surface area (Å²) in [7, 11) is 0. The predicted octanol–water partition coefficient (Wildman–Crippen LogP) is 6.96. The molecule has 11 heteroatoms. The lowest BCUT2D eigenvalue weighted by Crippen LogP contribution is -2.33. The molecule has 1 fully saturated rings. The molecule has 0 bridgehead atoms. The number of nitrogens with zero attached hydrogens (tertiary/aromatic N) is 2. The van der Waals surface area contributed by atoms with Gasteiger partial charge >= 0.3 is 0 Å². The number of ether oxygens (including phenoxy) is 2. The first-order valence-electron chi connectivity index (χ1n) is 13.2. The topological polar surface area (TPSA) is 93.6 Å². The first kappa shape index (κ1) is 30.8. The highest BCUT2D eigenvalue weighted by molar-refractivity contribution is 7.99. The molecule has 3 unspecified atom stereocenters. The van der Waals surface area contributed by atoms with E-state index in [2.05, 4.69) is 15.3 Å². The monoisotopic (exact) mass is 643 g/mol. The minimum Gasteiger partial charge on any atom is -0.392 e. The van der Waals surface area contributed by atoms with E-state index in [1.54, 1.807) is 30.2 Å². The molecule has 7 nitrogen and oxygen atoms in total. The van der Waals surface area contributed by atoms with Gasteiger partial charge in [-0.15, -0.1) is 0 Å². The Hall–Kier alpha value is -2.69. The standard InChI is InChI=1S/C31H28Cl3N3O4S/c32-31(33,34)29(39)37-17-21-4-1-5-23(14-21)24-6-2-7-25(15-24)28-40-26(19-42-30-35-12-3-13-36-30)16-27(41-28)22-10-8-20(18-38)9-11-22/h1-15,26-28,38H,16-19H2,(H,37,39). The Balaban J connectivity index is 1.36. The number of rotatable bonds is 9. The van der Waals surface area contributed by atoms with Crippen LogP contribution in [0.3, 0.4) is 0 Å². The van der Waals surface area contributed by atoms with E-state index in [1.807, 2.05) is 72.8 Å². The van der Waals surface area contributed by atoms with Crippen LogP contribution in [0, 0.1) is 0 Å². The van der Waals surface area contributed by atoms with E-state index in [4.69, 9.17) is 44.3 Å². The molecule has 0 saturated carbocycles. The van der Waals surface area contributed by atoms with Crippen LogP contribution in [0.2, 0.25) is 0 Å². The average molecular weight is 645 g/mol. The molecule has 4 aromatic rings. The van der Waals surface area contributed by atoms with E-state index < -0.39 is 16.0 Å². The second kappa shape index (κ2) is 14.2. The maximum atomic E-state index is 12.0. The molecular weight excluding hydrogens is 617 g/mol. The summed E-state index contributed by atoms with van der Waals surface area (Å²) in [5, 5.41) is 12.8.